The first-order chi connectivity index (χ1) is 17.4. The second-order valence-corrected chi connectivity index (χ2v) is 8.41. The number of carbonyl (C=O) groups is 2. The highest BCUT2D eigenvalue weighted by molar-refractivity contribution is 5.98. The molecule has 11 heteroatoms. The number of nitrogens with two attached hydrogens (primary N) is 1. The van der Waals surface area contributed by atoms with E-state index in [9.17, 15) is 9.59 Å². The fourth-order valence-corrected chi connectivity index (χ4v) is 4.25. The summed E-state index contributed by atoms with van der Waals surface area (Å²) in [6, 6.07) is 5.77. The normalized spacial score (nSPS) is 15.3. The van der Waals surface area contributed by atoms with Gasteiger partial charge in [0.2, 0.25) is 11.9 Å². The monoisotopic (exact) mass is 490 g/mol. The molecule has 1 aliphatic rings. The first-order valence-corrected chi connectivity index (χ1v) is 11.8. The highest BCUT2D eigenvalue weighted by Crippen LogP contribution is 2.32. The summed E-state index contributed by atoms with van der Waals surface area (Å²) in [5.41, 5.74) is 8.11. The summed E-state index contributed by atoms with van der Waals surface area (Å²) in [5.74, 6) is 0.422. The number of ether oxygens (including phenoxy) is 1. The molecular weight excluding hydrogens is 460 g/mol. The number of amides is 2. The van der Waals surface area contributed by atoms with E-state index in [1.54, 1.807) is 18.2 Å². The van der Waals surface area contributed by atoms with E-state index in [-0.39, 0.29) is 29.3 Å². The number of nitrogens with one attached hydrogen (secondary N) is 2. The van der Waals surface area contributed by atoms with E-state index in [1.807, 2.05) is 36.0 Å². The number of likely N-dealkylation sites (tertiary alicyclic amines) is 1. The van der Waals surface area contributed by atoms with Gasteiger partial charge in [-0.1, -0.05) is 25.6 Å². The zero-order chi connectivity index (χ0) is 25.7. The molecule has 0 aliphatic carbocycles. The number of hydrogen-bond acceptors (Lipinski definition) is 8. The van der Waals surface area contributed by atoms with Crippen molar-refractivity contribution >= 4 is 35.0 Å². The number of carbonyl (C=O) groups excluding carboxylic acids is 2. The third kappa shape index (κ3) is 5.29. The van der Waals surface area contributed by atoms with Gasteiger partial charge in [-0.05, 0) is 37.0 Å². The van der Waals surface area contributed by atoms with Crippen LogP contribution in [0.25, 0.3) is 0 Å². The Hall–Kier alpha value is -4.41. The van der Waals surface area contributed by atoms with Gasteiger partial charge in [0, 0.05) is 25.5 Å². The molecule has 1 unspecified atom stereocenters. The lowest BCUT2D eigenvalue weighted by atomic mass is 10.1. The Bertz CT molecular complexity index is 1250. The first kappa shape index (κ1) is 24.7. The largest absolute Gasteiger partial charge is 0.495 e. The van der Waals surface area contributed by atoms with Crippen LogP contribution >= 0.6 is 0 Å². The zero-order valence-corrected chi connectivity index (χ0v) is 20.4. The van der Waals surface area contributed by atoms with Crippen molar-refractivity contribution in [2.24, 2.45) is 5.73 Å². The van der Waals surface area contributed by atoms with Crippen LogP contribution in [-0.4, -0.2) is 56.7 Å². The number of piperidine rings is 1. The molecule has 2 amide bonds. The SMILES string of the molecule is C=CC(=O)N1CCCC(n2cc(Nc3ncc(C(N)=O)c(Nc4c(CC)cccc4OC)n3)cn2)C1. The molecule has 1 aliphatic heterocycles. The Balaban J connectivity index is 1.56. The molecule has 1 atom stereocenters. The maximum Gasteiger partial charge on any atom is 0.254 e. The summed E-state index contributed by atoms with van der Waals surface area (Å²) in [4.78, 5) is 34.6. The van der Waals surface area contributed by atoms with E-state index in [1.165, 1.54) is 12.3 Å². The molecule has 3 aromatic rings. The van der Waals surface area contributed by atoms with Crippen molar-refractivity contribution in [3.8, 4) is 5.75 Å². The zero-order valence-electron chi connectivity index (χ0n) is 20.4. The van der Waals surface area contributed by atoms with E-state index >= 15 is 0 Å². The highest BCUT2D eigenvalue weighted by atomic mass is 16.5. The van der Waals surface area contributed by atoms with Crippen LogP contribution < -0.4 is 21.1 Å². The molecule has 0 radical (unpaired) electrons. The number of benzene rings is 1. The Morgan fingerprint density at radius 1 is 1.31 bits per heavy atom. The topological polar surface area (TPSA) is 140 Å². The van der Waals surface area contributed by atoms with Crippen molar-refractivity contribution in [2.75, 3.05) is 30.8 Å². The summed E-state index contributed by atoms with van der Waals surface area (Å²) in [7, 11) is 1.58. The standard InChI is InChI=1S/C25H30N8O3/c1-4-16-8-6-10-20(36-3)22(16)30-24-19(23(26)35)13-27-25(31-24)29-17-12-28-33(14-17)18-9-7-11-32(15-18)21(34)5-2/h5-6,8,10,12-14,18H,2,4,7,9,11,15H2,1,3H3,(H2,26,35)(H2,27,29,30,31). The molecule has 1 fully saturated rings. The second-order valence-electron chi connectivity index (χ2n) is 8.41. The van der Waals surface area contributed by atoms with Gasteiger partial charge in [0.05, 0.1) is 30.7 Å². The minimum absolute atomic E-state index is 0.0617. The van der Waals surface area contributed by atoms with Crippen LogP contribution in [-0.2, 0) is 11.2 Å². The molecule has 1 saturated heterocycles. The number of methoxy groups -OCH3 is 1. The second kappa shape index (κ2) is 10.9. The van der Waals surface area contributed by atoms with Gasteiger partial charge in [-0.15, -0.1) is 0 Å². The molecule has 11 nitrogen and oxygen atoms in total. The molecule has 1 aromatic carbocycles. The van der Waals surface area contributed by atoms with Crippen LogP contribution in [0.1, 0.15) is 41.7 Å². The van der Waals surface area contributed by atoms with Crippen LogP contribution in [0, 0.1) is 0 Å². The van der Waals surface area contributed by atoms with Crippen molar-refractivity contribution in [3.05, 3.63) is 60.6 Å². The van der Waals surface area contributed by atoms with Gasteiger partial charge < -0.3 is 26.0 Å². The minimum atomic E-state index is -0.652. The molecule has 4 rings (SSSR count). The average Bonchev–Trinajstić information content (AvgIpc) is 3.36. The number of rotatable bonds is 9. The smallest absolute Gasteiger partial charge is 0.254 e. The molecule has 3 heterocycles. The summed E-state index contributed by atoms with van der Waals surface area (Å²) in [6.07, 6.45) is 8.79. The van der Waals surface area contributed by atoms with Gasteiger partial charge in [0.25, 0.3) is 5.91 Å². The summed E-state index contributed by atoms with van der Waals surface area (Å²) < 4.78 is 7.33. The lowest BCUT2D eigenvalue weighted by molar-refractivity contribution is -0.127. The van der Waals surface area contributed by atoms with Gasteiger partial charge in [0.15, 0.2) is 0 Å². The lowest BCUT2D eigenvalue weighted by Gasteiger charge is -2.32. The van der Waals surface area contributed by atoms with Crippen LogP contribution in [0.5, 0.6) is 5.75 Å². The summed E-state index contributed by atoms with van der Waals surface area (Å²) in [5, 5.41) is 10.8. The molecule has 0 spiro atoms. The summed E-state index contributed by atoms with van der Waals surface area (Å²) in [6.45, 7) is 6.89. The number of primary amides is 1. The molecule has 188 valence electrons. The predicted octanol–water partition coefficient (Wildman–Crippen LogP) is 3.18. The Labute approximate surface area is 209 Å². The molecule has 0 saturated carbocycles. The van der Waals surface area contributed by atoms with Crippen molar-refractivity contribution in [1.29, 1.82) is 0 Å². The average molecular weight is 491 g/mol. The number of aromatic nitrogens is 4. The Kier molecular flexibility index (Phi) is 7.47. The van der Waals surface area contributed by atoms with Crippen molar-refractivity contribution in [3.63, 3.8) is 0 Å². The van der Waals surface area contributed by atoms with E-state index in [0.717, 1.165) is 31.4 Å². The maximum atomic E-state index is 12.1. The third-order valence-electron chi connectivity index (χ3n) is 6.13. The van der Waals surface area contributed by atoms with Crippen LogP contribution in [0.15, 0.2) is 49.4 Å². The van der Waals surface area contributed by atoms with Crippen molar-refractivity contribution in [1.82, 2.24) is 24.6 Å². The first-order valence-electron chi connectivity index (χ1n) is 11.8. The van der Waals surface area contributed by atoms with E-state index < -0.39 is 5.91 Å². The van der Waals surface area contributed by atoms with Gasteiger partial charge in [0.1, 0.15) is 17.1 Å². The Morgan fingerprint density at radius 2 is 2.14 bits per heavy atom. The van der Waals surface area contributed by atoms with Gasteiger partial charge in [-0.25, -0.2) is 4.98 Å². The van der Waals surface area contributed by atoms with Gasteiger partial charge in [-0.2, -0.15) is 10.1 Å². The number of para-hydroxylation sites is 1. The molecule has 0 bridgehead atoms. The van der Waals surface area contributed by atoms with Gasteiger partial charge in [-0.3, -0.25) is 14.3 Å². The van der Waals surface area contributed by atoms with Gasteiger partial charge >= 0.3 is 0 Å². The number of hydrogen-bond donors (Lipinski definition) is 3. The maximum absolute atomic E-state index is 12.1. The van der Waals surface area contributed by atoms with Crippen molar-refractivity contribution < 1.29 is 14.3 Å². The number of nitrogens with zero attached hydrogens (tertiary/aromatic N) is 5. The van der Waals surface area contributed by atoms with Crippen LogP contribution in [0.3, 0.4) is 0 Å². The molecule has 36 heavy (non-hydrogen) atoms. The molecule has 2 aromatic heterocycles. The number of anilines is 4. The Morgan fingerprint density at radius 3 is 2.86 bits per heavy atom. The molecular formula is C25H30N8O3. The number of aryl methyl sites for hydroxylation is 1. The fraction of sp³-hybridized carbons (Fsp3) is 0.320. The minimum Gasteiger partial charge on any atom is -0.495 e. The van der Waals surface area contributed by atoms with Crippen LogP contribution in [0.4, 0.5) is 23.1 Å². The van der Waals surface area contributed by atoms with Crippen LogP contribution in [0.2, 0.25) is 0 Å². The highest BCUT2D eigenvalue weighted by Gasteiger charge is 2.24. The third-order valence-corrected chi connectivity index (χ3v) is 6.13. The fourth-order valence-electron chi connectivity index (χ4n) is 4.25. The van der Waals surface area contributed by atoms with E-state index in [0.29, 0.717) is 23.7 Å². The summed E-state index contributed by atoms with van der Waals surface area (Å²) >= 11 is 0. The molecule has 4 N–H and O–H groups in total. The quantitative estimate of drug-likeness (QED) is 0.389. The van der Waals surface area contributed by atoms with E-state index in [2.05, 4.69) is 32.3 Å². The van der Waals surface area contributed by atoms with Crippen molar-refractivity contribution in [2.45, 2.75) is 32.2 Å². The lowest BCUT2D eigenvalue weighted by Crippen LogP contribution is -2.39. The van der Waals surface area contributed by atoms with E-state index in [4.69, 9.17) is 10.5 Å². The predicted molar refractivity (Wildman–Crippen MR) is 137 cm³/mol.